The minimum absolute atomic E-state index is 0.0586. The van der Waals surface area contributed by atoms with Gasteiger partial charge in [-0.15, -0.1) is 0 Å². The van der Waals surface area contributed by atoms with Crippen molar-refractivity contribution >= 4 is 21.7 Å². The van der Waals surface area contributed by atoms with Gasteiger partial charge >= 0.3 is 0 Å². The Morgan fingerprint density at radius 1 is 1.29 bits per heavy atom. The first-order valence-corrected chi connectivity index (χ1v) is 6.95. The van der Waals surface area contributed by atoms with E-state index in [9.17, 15) is 9.18 Å². The number of benzene rings is 1. The topological polar surface area (TPSA) is 17.1 Å². The molecule has 1 aliphatic rings. The molecule has 0 spiro atoms. The van der Waals surface area contributed by atoms with Crippen LogP contribution in [0.2, 0.25) is 0 Å². The molecule has 1 aromatic rings. The minimum atomic E-state index is -0.362. The van der Waals surface area contributed by atoms with Gasteiger partial charge in [0.1, 0.15) is 5.82 Å². The van der Waals surface area contributed by atoms with E-state index in [1.807, 2.05) is 0 Å². The molecule has 0 amide bonds. The van der Waals surface area contributed by atoms with Crippen LogP contribution in [0, 0.1) is 11.7 Å². The van der Waals surface area contributed by atoms with Crippen molar-refractivity contribution in [2.24, 2.45) is 5.92 Å². The van der Waals surface area contributed by atoms with E-state index in [-0.39, 0.29) is 11.6 Å². The molecule has 0 saturated heterocycles. The van der Waals surface area contributed by atoms with Gasteiger partial charge in [0.05, 0.1) is 4.47 Å². The number of rotatable bonds is 3. The lowest BCUT2D eigenvalue weighted by Gasteiger charge is -2.20. The van der Waals surface area contributed by atoms with Crippen molar-refractivity contribution in [2.75, 3.05) is 0 Å². The maximum atomic E-state index is 13.3. The van der Waals surface area contributed by atoms with Crippen molar-refractivity contribution in [3.05, 3.63) is 34.1 Å². The zero-order valence-corrected chi connectivity index (χ0v) is 11.3. The lowest BCUT2D eigenvalue weighted by Crippen LogP contribution is -2.12. The molecular weight excluding hydrogens is 283 g/mol. The molecule has 0 radical (unpaired) electrons. The lowest BCUT2D eigenvalue weighted by molar-refractivity contribution is 0.0949. The summed E-state index contributed by atoms with van der Waals surface area (Å²) in [6, 6.07) is 4.65. The molecule has 1 nitrogen and oxygen atoms in total. The SMILES string of the molecule is O=C(CC1CCCCC1)c1cccc(F)c1Br. The molecule has 3 heteroatoms. The van der Waals surface area contributed by atoms with Crippen molar-refractivity contribution < 1.29 is 9.18 Å². The number of halogens is 2. The van der Waals surface area contributed by atoms with Gasteiger partial charge in [0.2, 0.25) is 0 Å². The van der Waals surface area contributed by atoms with Gasteiger partial charge in [-0.2, -0.15) is 0 Å². The third-order valence-electron chi connectivity index (χ3n) is 3.45. The molecule has 0 aliphatic heterocycles. The van der Waals surface area contributed by atoms with Crippen molar-refractivity contribution in [1.29, 1.82) is 0 Å². The van der Waals surface area contributed by atoms with Crippen LogP contribution in [0.1, 0.15) is 48.9 Å². The smallest absolute Gasteiger partial charge is 0.164 e. The van der Waals surface area contributed by atoms with Crippen LogP contribution < -0.4 is 0 Å². The molecule has 1 fully saturated rings. The first kappa shape index (κ1) is 12.7. The fourth-order valence-corrected chi connectivity index (χ4v) is 2.97. The molecule has 1 aliphatic carbocycles. The average molecular weight is 299 g/mol. The summed E-state index contributed by atoms with van der Waals surface area (Å²) < 4.78 is 13.6. The van der Waals surface area contributed by atoms with Crippen LogP contribution in [0.25, 0.3) is 0 Å². The molecule has 0 heterocycles. The normalized spacial score (nSPS) is 17.1. The summed E-state index contributed by atoms with van der Waals surface area (Å²) in [7, 11) is 0. The predicted molar refractivity (Wildman–Crippen MR) is 69.6 cm³/mol. The van der Waals surface area contributed by atoms with Gasteiger partial charge in [-0.25, -0.2) is 4.39 Å². The molecule has 0 aromatic heterocycles. The molecule has 2 rings (SSSR count). The summed E-state index contributed by atoms with van der Waals surface area (Å²) in [5, 5.41) is 0. The first-order chi connectivity index (χ1) is 8.18. The lowest BCUT2D eigenvalue weighted by atomic mass is 9.85. The second-order valence-corrected chi connectivity index (χ2v) is 5.53. The van der Waals surface area contributed by atoms with Gasteiger partial charge in [-0.3, -0.25) is 4.79 Å². The van der Waals surface area contributed by atoms with E-state index in [0.29, 0.717) is 22.4 Å². The van der Waals surface area contributed by atoms with Crippen LogP contribution in [0.3, 0.4) is 0 Å². The first-order valence-electron chi connectivity index (χ1n) is 6.15. The number of Topliss-reactive ketones (excluding diaryl/α,β-unsaturated/α-hetero) is 1. The van der Waals surface area contributed by atoms with Gasteiger partial charge in [-0.1, -0.05) is 44.2 Å². The highest BCUT2D eigenvalue weighted by atomic mass is 79.9. The van der Waals surface area contributed by atoms with Crippen molar-refractivity contribution in [3.63, 3.8) is 0 Å². The van der Waals surface area contributed by atoms with Crippen molar-refractivity contribution in [3.8, 4) is 0 Å². The van der Waals surface area contributed by atoms with Gasteiger partial charge < -0.3 is 0 Å². The Kier molecular flexibility index (Phi) is 4.32. The zero-order chi connectivity index (χ0) is 12.3. The second-order valence-electron chi connectivity index (χ2n) is 4.73. The maximum absolute atomic E-state index is 13.3. The number of carbonyl (C=O) groups excluding carboxylic acids is 1. The van der Waals surface area contributed by atoms with Crippen LogP contribution in [-0.4, -0.2) is 5.78 Å². The fourth-order valence-electron chi connectivity index (χ4n) is 2.48. The highest BCUT2D eigenvalue weighted by Crippen LogP contribution is 2.29. The molecule has 0 bridgehead atoms. The van der Waals surface area contributed by atoms with Crippen molar-refractivity contribution in [1.82, 2.24) is 0 Å². The van der Waals surface area contributed by atoms with Crippen molar-refractivity contribution in [2.45, 2.75) is 38.5 Å². The monoisotopic (exact) mass is 298 g/mol. The standard InChI is InChI=1S/C14H16BrFO/c15-14-11(7-4-8-12(14)16)13(17)9-10-5-2-1-3-6-10/h4,7-8,10H,1-3,5-6,9H2. The van der Waals surface area contributed by atoms with E-state index in [1.165, 1.54) is 25.3 Å². The van der Waals surface area contributed by atoms with E-state index in [0.717, 1.165) is 12.8 Å². The molecule has 92 valence electrons. The Bertz CT molecular complexity index is 411. The van der Waals surface area contributed by atoms with Gasteiger partial charge in [0, 0.05) is 12.0 Å². The maximum Gasteiger partial charge on any atom is 0.164 e. The summed E-state index contributed by atoms with van der Waals surface area (Å²) >= 11 is 3.15. The van der Waals surface area contributed by atoms with Crippen LogP contribution in [0.5, 0.6) is 0 Å². The second kappa shape index (κ2) is 5.76. The highest BCUT2D eigenvalue weighted by molar-refractivity contribution is 9.10. The summed E-state index contributed by atoms with van der Waals surface area (Å²) in [5.74, 6) is 0.189. The third-order valence-corrected chi connectivity index (χ3v) is 4.26. The Morgan fingerprint density at radius 3 is 2.71 bits per heavy atom. The Hall–Kier alpha value is -0.700. The highest BCUT2D eigenvalue weighted by Gasteiger charge is 2.20. The van der Waals surface area contributed by atoms with Crippen LogP contribution in [0.4, 0.5) is 4.39 Å². The molecule has 1 saturated carbocycles. The number of hydrogen-bond donors (Lipinski definition) is 0. The summed E-state index contributed by atoms with van der Waals surface area (Å²) in [4.78, 5) is 12.1. The van der Waals surface area contributed by atoms with E-state index in [2.05, 4.69) is 15.9 Å². The summed E-state index contributed by atoms with van der Waals surface area (Å²) in [5.41, 5.74) is 0.482. The molecular formula is C14H16BrFO. The molecule has 17 heavy (non-hydrogen) atoms. The van der Waals surface area contributed by atoms with E-state index < -0.39 is 0 Å². The van der Waals surface area contributed by atoms with E-state index in [4.69, 9.17) is 0 Å². The number of carbonyl (C=O) groups is 1. The Balaban J connectivity index is 2.06. The number of ketones is 1. The zero-order valence-electron chi connectivity index (χ0n) is 9.72. The fraction of sp³-hybridized carbons (Fsp3) is 0.500. The molecule has 1 aromatic carbocycles. The van der Waals surface area contributed by atoms with E-state index >= 15 is 0 Å². The number of hydrogen-bond acceptors (Lipinski definition) is 1. The predicted octanol–water partition coefficient (Wildman–Crippen LogP) is 4.74. The van der Waals surface area contributed by atoms with Gasteiger partial charge in [0.15, 0.2) is 5.78 Å². The van der Waals surface area contributed by atoms with Crippen LogP contribution in [-0.2, 0) is 0 Å². The van der Waals surface area contributed by atoms with Crippen LogP contribution >= 0.6 is 15.9 Å². The van der Waals surface area contributed by atoms with E-state index in [1.54, 1.807) is 12.1 Å². The minimum Gasteiger partial charge on any atom is -0.294 e. The van der Waals surface area contributed by atoms with Gasteiger partial charge in [-0.05, 0) is 27.9 Å². The summed E-state index contributed by atoms with van der Waals surface area (Å²) in [6.07, 6.45) is 6.57. The molecule has 0 unspecified atom stereocenters. The third kappa shape index (κ3) is 3.15. The quantitative estimate of drug-likeness (QED) is 0.737. The molecule has 0 atom stereocenters. The Labute approximate surface area is 110 Å². The van der Waals surface area contributed by atoms with Crippen LogP contribution in [0.15, 0.2) is 22.7 Å². The summed E-state index contributed by atoms with van der Waals surface area (Å²) in [6.45, 7) is 0. The average Bonchev–Trinajstić information content (AvgIpc) is 2.34. The molecule has 0 N–H and O–H groups in total. The largest absolute Gasteiger partial charge is 0.294 e. The Morgan fingerprint density at radius 2 is 2.00 bits per heavy atom. The van der Waals surface area contributed by atoms with Gasteiger partial charge in [0.25, 0.3) is 0 Å².